The van der Waals surface area contributed by atoms with Gasteiger partial charge in [-0.05, 0) is 0 Å². The highest BCUT2D eigenvalue weighted by atomic mass is 32.1. The molecule has 1 aromatic rings. The maximum absolute atomic E-state index is 10.9. The van der Waals surface area contributed by atoms with E-state index in [1.54, 1.807) is 11.3 Å². The lowest BCUT2D eigenvalue weighted by atomic mass is 9.98. The van der Waals surface area contributed by atoms with Crippen molar-refractivity contribution >= 4 is 17.3 Å². The second-order valence-corrected chi connectivity index (χ2v) is 6.68. The van der Waals surface area contributed by atoms with Crippen LogP contribution in [0.25, 0.3) is 0 Å². The molecule has 19 heavy (non-hydrogen) atoms. The lowest BCUT2D eigenvalue weighted by Crippen LogP contribution is -2.45. The zero-order valence-corrected chi connectivity index (χ0v) is 12.4. The van der Waals surface area contributed by atoms with Crippen molar-refractivity contribution in [1.29, 1.82) is 0 Å². The smallest absolute Gasteiger partial charge is 0.334 e. The van der Waals surface area contributed by atoms with Gasteiger partial charge in [-0.2, -0.15) is 0 Å². The van der Waals surface area contributed by atoms with E-state index in [4.69, 9.17) is 9.84 Å². The van der Waals surface area contributed by atoms with Crippen molar-refractivity contribution in [3.05, 3.63) is 16.1 Å². The van der Waals surface area contributed by atoms with Crippen LogP contribution in [0, 0.1) is 0 Å². The van der Waals surface area contributed by atoms with Gasteiger partial charge in [-0.25, -0.2) is 9.78 Å². The molecule has 1 aliphatic rings. The number of aliphatic carboxylic acids is 1. The fourth-order valence-electron chi connectivity index (χ4n) is 1.95. The molecule has 0 saturated carbocycles. The standard InChI is InChI=1S/C13H20N2O3S/c1-13(2,3)12-14-9(8-19-12)6-15-4-5-18-10(7-15)11(16)17/h8,10H,4-7H2,1-3H3,(H,16,17). The Kier molecular flexibility index (Phi) is 4.23. The van der Waals surface area contributed by atoms with Gasteiger partial charge in [0.2, 0.25) is 0 Å². The molecule has 6 heteroatoms. The van der Waals surface area contributed by atoms with Crippen LogP contribution in [0.3, 0.4) is 0 Å². The van der Waals surface area contributed by atoms with Crippen molar-refractivity contribution in [2.45, 2.75) is 38.8 Å². The van der Waals surface area contributed by atoms with Gasteiger partial charge in [0.15, 0.2) is 6.10 Å². The SMILES string of the molecule is CC(C)(C)c1nc(CN2CCOC(C(=O)O)C2)cs1. The Labute approximate surface area is 117 Å². The Morgan fingerprint density at radius 3 is 2.95 bits per heavy atom. The monoisotopic (exact) mass is 284 g/mol. The van der Waals surface area contributed by atoms with Gasteiger partial charge in [0.05, 0.1) is 17.3 Å². The first-order valence-electron chi connectivity index (χ1n) is 6.38. The summed E-state index contributed by atoms with van der Waals surface area (Å²) in [4.78, 5) is 17.6. The summed E-state index contributed by atoms with van der Waals surface area (Å²) in [5.41, 5.74) is 1.08. The molecule has 2 heterocycles. The van der Waals surface area contributed by atoms with E-state index >= 15 is 0 Å². The summed E-state index contributed by atoms with van der Waals surface area (Å²) in [5, 5.41) is 12.1. The van der Waals surface area contributed by atoms with Crippen LogP contribution in [-0.4, -0.2) is 46.8 Å². The van der Waals surface area contributed by atoms with Crippen LogP contribution in [0.4, 0.5) is 0 Å². The quantitative estimate of drug-likeness (QED) is 0.916. The number of carboxylic acid groups (broad SMARTS) is 1. The lowest BCUT2D eigenvalue weighted by molar-refractivity contribution is -0.156. The predicted octanol–water partition coefficient (Wildman–Crippen LogP) is 1.73. The normalized spacial score (nSPS) is 21.5. The van der Waals surface area contributed by atoms with Crippen LogP contribution in [0.5, 0.6) is 0 Å². The Hall–Kier alpha value is -0.980. The largest absolute Gasteiger partial charge is 0.479 e. The third kappa shape index (κ3) is 3.75. The van der Waals surface area contributed by atoms with E-state index in [1.165, 1.54) is 0 Å². The number of morpholine rings is 1. The van der Waals surface area contributed by atoms with E-state index in [-0.39, 0.29) is 5.41 Å². The zero-order chi connectivity index (χ0) is 14.0. The second-order valence-electron chi connectivity index (χ2n) is 5.83. The summed E-state index contributed by atoms with van der Waals surface area (Å²) in [6, 6.07) is 0. The van der Waals surface area contributed by atoms with Crippen molar-refractivity contribution in [3.8, 4) is 0 Å². The molecule has 0 aromatic carbocycles. The number of rotatable bonds is 3. The Bertz CT molecular complexity index is 453. The molecule has 2 rings (SSSR count). The van der Waals surface area contributed by atoms with Crippen molar-refractivity contribution < 1.29 is 14.6 Å². The minimum atomic E-state index is -0.890. The molecule has 0 aliphatic carbocycles. The van der Waals surface area contributed by atoms with Crippen LogP contribution < -0.4 is 0 Å². The highest BCUT2D eigenvalue weighted by Crippen LogP contribution is 2.26. The number of hydrogen-bond acceptors (Lipinski definition) is 5. The minimum Gasteiger partial charge on any atom is -0.479 e. The number of hydrogen-bond donors (Lipinski definition) is 1. The zero-order valence-electron chi connectivity index (χ0n) is 11.5. The Balaban J connectivity index is 1.97. The number of nitrogens with zero attached hydrogens (tertiary/aromatic N) is 2. The topological polar surface area (TPSA) is 62.7 Å². The molecular formula is C13H20N2O3S. The van der Waals surface area contributed by atoms with Crippen LogP contribution in [0.2, 0.25) is 0 Å². The predicted molar refractivity (Wildman–Crippen MR) is 73.5 cm³/mol. The second kappa shape index (κ2) is 5.56. The third-order valence-corrected chi connectivity index (χ3v) is 4.32. The van der Waals surface area contributed by atoms with Gasteiger partial charge in [0, 0.05) is 30.4 Å². The van der Waals surface area contributed by atoms with Crippen molar-refractivity contribution in [1.82, 2.24) is 9.88 Å². The molecule has 0 spiro atoms. The molecule has 1 aliphatic heterocycles. The summed E-state index contributed by atoms with van der Waals surface area (Å²) >= 11 is 1.67. The number of aromatic nitrogens is 1. The first-order valence-corrected chi connectivity index (χ1v) is 7.26. The average molecular weight is 284 g/mol. The Morgan fingerprint density at radius 2 is 2.37 bits per heavy atom. The van der Waals surface area contributed by atoms with Crippen LogP contribution in [-0.2, 0) is 21.5 Å². The first kappa shape index (κ1) is 14.4. The van der Waals surface area contributed by atoms with E-state index in [1.807, 2.05) is 0 Å². The maximum Gasteiger partial charge on any atom is 0.334 e. The molecule has 5 nitrogen and oxygen atoms in total. The molecule has 1 unspecified atom stereocenters. The van der Waals surface area contributed by atoms with Crippen LogP contribution >= 0.6 is 11.3 Å². The molecule has 0 bridgehead atoms. The molecule has 106 valence electrons. The van der Waals surface area contributed by atoms with Gasteiger partial charge in [-0.3, -0.25) is 4.90 Å². The van der Waals surface area contributed by atoms with Gasteiger partial charge in [0.1, 0.15) is 0 Å². The number of carbonyl (C=O) groups is 1. The third-order valence-electron chi connectivity index (χ3n) is 3.00. The fraction of sp³-hybridized carbons (Fsp3) is 0.692. The molecular weight excluding hydrogens is 264 g/mol. The Morgan fingerprint density at radius 1 is 1.63 bits per heavy atom. The van der Waals surface area contributed by atoms with E-state index in [9.17, 15) is 4.79 Å². The van der Waals surface area contributed by atoms with E-state index in [0.29, 0.717) is 19.7 Å². The summed E-state index contributed by atoms with van der Waals surface area (Å²) < 4.78 is 5.21. The van der Waals surface area contributed by atoms with Crippen molar-refractivity contribution in [3.63, 3.8) is 0 Å². The van der Waals surface area contributed by atoms with Crippen LogP contribution in [0.1, 0.15) is 31.5 Å². The lowest BCUT2D eigenvalue weighted by Gasteiger charge is -2.30. The van der Waals surface area contributed by atoms with Crippen molar-refractivity contribution in [2.75, 3.05) is 19.7 Å². The van der Waals surface area contributed by atoms with E-state index < -0.39 is 12.1 Å². The fourth-order valence-corrected chi connectivity index (χ4v) is 2.85. The van der Waals surface area contributed by atoms with E-state index in [0.717, 1.165) is 17.2 Å². The minimum absolute atomic E-state index is 0.0670. The summed E-state index contributed by atoms with van der Waals surface area (Å²) in [6.45, 7) is 8.78. The maximum atomic E-state index is 10.9. The molecule has 1 atom stereocenters. The van der Waals surface area contributed by atoms with Crippen molar-refractivity contribution in [2.24, 2.45) is 0 Å². The van der Waals surface area contributed by atoms with Crippen LogP contribution in [0.15, 0.2) is 5.38 Å². The summed E-state index contributed by atoms with van der Waals surface area (Å²) in [5.74, 6) is -0.890. The van der Waals surface area contributed by atoms with Gasteiger partial charge in [0.25, 0.3) is 0 Å². The number of thiazole rings is 1. The van der Waals surface area contributed by atoms with Gasteiger partial charge < -0.3 is 9.84 Å². The molecule has 1 aromatic heterocycles. The number of ether oxygens (including phenoxy) is 1. The summed E-state index contributed by atoms with van der Waals surface area (Å²) in [7, 11) is 0. The molecule has 1 N–H and O–H groups in total. The van der Waals surface area contributed by atoms with E-state index in [2.05, 4.69) is 36.0 Å². The highest BCUT2D eigenvalue weighted by molar-refractivity contribution is 7.09. The number of carboxylic acids is 1. The highest BCUT2D eigenvalue weighted by Gasteiger charge is 2.27. The van der Waals surface area contributed by atoms with Gasteiger partial charge >= 0.3 is 5.97 Å². The summed E-state index contributed by atoms with van der Waals surface area (Å²) in [6.07, 6.45) is -0.713. The molecule has 0 radical (unpaired) electrons. The average Bonchev–Trinajstić information content (AvgIpc) is 2.77. The first-order chi connectivity index (χ1) is 8.86. The molecule has 1 saturated heterocycles. The van der Waals surface area contributed by atoms with Gasteiger partial charge in [-0.15, -0.1) is 11.3 Å². The molecule has 1 fully saturated rings. The molecule has 0 amide bonds. The van der Waals surface area contributed by atoms with Gasteiger partial charge in [-0.1, -0.05) is 20.8 Å².